The van der Waals surface area contributed by atoms with E-state index in [-0.39, 0.29) is 0 Å². The van der Waals surface area contributed by atoms with Gasteiger partial charge in [0.2, 0.25) is 0 Å². The molecule has 0 bridgehead atoms. The molecule has 88 valence electrons. The molecule has 16 heavy (non-hydrogen) atoms. The third-order valence-electron chi connectivity index (χ3n) is 3.44. The second-order valence-corrected chi connectivity index (χ2v) is 4.91. The summed E-state index contributed by atoms with van der Waals surface area (Å²) in [6, 6.07) is 4.68. The molecule has 0 saturated carbocycles. The zero-order chi connectivity index (χ0) is 11.5. The van der Waals surface area contributed by atoms with E-state index in [2.05, 4.69) is 35.9 Å². The number of nitrogens with zero attached hydrogens (tertiary/aromatic N) is 2. The van der Waals surface area contributed by atoms with Crippen molar-refractivity contribution >= 4 is 5.82 Å². The van der Waals surface area contributed by atoms with Gasteiger partial charge in [-0.15, -0.1) is 0 Å². The molecular formula is C13H21N3. The number of rotatable bonds is 2. The zero-order valence-electron chi connectivity index (χ0n) is 10.2. The molecule has 0 amide bonds. The topological polar surface area (TPSA) is 42.1 Å². The number of aromatic nitrogens is 1. The van der Waals surface area contributed by atoms with E-state index in [9.17, 15) is 0 Å². The summed E-state index contributed by atoms with van der Waals surface area (Å²) in [5.41, 5.74) is 7.06. The lowest BCUT2D eigenvalue weighted by atomic mass is 9.92. The van der Waals surface area contributed by atoms with Crippen molar-refractivity contribution in [2.75, 3.05) is 18.0 Å². The summed E-state index contributed by atoms with van der Waals surface area (Å²) in [6.45, 7) is 6.18. The summed E-state index contributed by atoms with van der Waals surface area (Å²) in [7, 11) is 0. The molecule has 0 aliphatic carbocycles. The van der Waals surface area contributed by atoms with E-state index in [1.165, 1.54) is 18.4 Å². The van der Waals surface area contributed by atoms with Gasteiger partial charge in [0.15, 0.2) is 0 Å². The van der Waals surface area contributed by atoms with Crippen LogP contribution < -0.4 is 10.6 Å². The molecule has 3 heteroatoms. The molecule has 1 aromatic heterocycles. The van der Waals surface area contributed by atoms with E-state index in [0.717, 1.165) is 24.8 Å². The molecule has 1 fully saturated rings. The first-order valence-electron chi connectivity index (χ1n) is 6.10. The number of hydrogen-bond acceptors (Lipinski definition) is 3. The van der Waals surface area contributed by atoms with Crippen LogP contribution in [0.15, 0.2) is 18.3 Å². The molecule has 1 aromatic rings. The second kappa shape index (κ2) is 4.83. The first-order valence-corrected chi connectivity index (χ1v) is 6.10. The van der Waals surface area contributed by atoms with E-state index in [4.69, 9.17) is 5.73 Å². The van der Waals surface area contributed by atoms with Crippen LogP contribution >= 0.6 is 0 Å². The third kappa shape index (κ3) is 2.35. The van der Waals surface area contributed by atoms with Crippen LogP contribution in [0.2, 0.25) is 0 Å². The van der Waals surface area contributed by atoms with Crippen LogP contribution in [0.4, 0.5) is 5.82 Å². The second-order valence-electron chi connectivity index (χ2n) is 4.91. The fourth-order valence-electron chi connectivity index (χ4n) is 2.41. The van der Waals surface area contributed by atoms with Crippen molar-refractivity contribution in [1.29, 1.82) is 0 Å². The summed E-state index contributed by atoms with van der Waals surface area (Å²) in [4.78, 5) is 6.86. The summed E-state index contributed by atoms with van der Waals surface area (Å²) in [6.07, 6.45) is 4.36. The lowest BCUT2D eigenvalue weighted by Crippen LogP contribution is -2.46. The van der Waals surface area contributed by atoms with Gasteiger partial charge in [-0.25, -0.2) is 4.98 Å². The van der Waals surface area contributed by atoms with E-state index >= 15 is 0 Å². The van der Waals surface area contributed by atoms with E-state index in [1.54, 1.807) is 0 Å². The smallest absolute Gasteiger partial charge is 0.128 e. The maximum absolute atomic E-state index is 5.85. The van der Waals surface area contributed by atoms with E-state index in [0.29, 0.717) is 6.04 Å². The quantitative estimate of drug-likeness (QED) is 0.826. The number of aryl methyl sites for hydroxylation is 1. The molecule has 0 spiro atoms. The minimum atomic E-state index is 0.457. The summed E-state index contributed by atoms with van der Waals surface area (Å²) >= 11 is 0. The Bertz CT molecular complexity index is 334. The number of hydrogen-bond donors (Lipinski definition) is 1. The van der Waals surface area contributed by atoms with Crippen LogP contribution in [0.1, 0.15) is 25.3 Å². The van der Waals surface area contributed by atoms with Gasteiger partial charge in [-0.3, -0.25) is 0 Å². The third-order valence-corrected chi connectivity index (χ3v) is 3.44. The Hall–Kier alpha value is -1.09. The normalized spacial score (nSPS) is 25.8. The molecule has 0 aromatic carbocycles. The molecule has 2 atom stereocenters. The van der Waals surface area contributed by atoms with Crippen LogP contribution in [0.25, 0.3) is 0 Å². The van der Waals surface area contributed by atoms with Gasteiger partial charge in [-0.05, 0) is 37.3 Å². The molecule has 1 saturated heterocycles. The minimum Gasteiger partial charge on any atom is -0.352 e. The highest BCUT2D eigenvalue weighted by atomic mass is 15.2. The Labute approximate surface area is 97.7 Å². The van der Waals surface area contributed by atoms with Crippen LogP contribution in [0.5, 0.6) is 0 Å². The van der Waals surface area contributed by atoms with E-state index < -0.39 is 0 Å². The standard InChI is InChI=1S/C13H21N3/c1-10-5-6-16(12(7-10)8-14)13-4-3-11(2)9-15-13/h3-4,9-10,12H,5-8,14H2,1-2H3. The molecule has 2 N–H and O–H groups in total. The van der Waals surface area contributed by atoms with Crippen molar-refractivity contribution in [1.82, 2.24) is 4.98 Å². The highest BCUT2D eigenvalue weighted by Crippen LogP contribution is 2.26. The summed E-state index contributed by atoms with van der Waals surface area (Å²) in [5.74, 6) is 1.86. The number of anilines is 1. The molecule has 1 aliphatic heterocycles. The van der Waals surface area contributed by atoms with Gasteiger partial charge in [0.05, 0.1) is 0 Å². The van der Waals surface area contributed by atoms with Crippen LogP contribution in [0, 0.1) is 12.8 Å². The van der Waals surface area contributed by atoms with Crippen LogP contribution in [-0.2, 0) is 0 Å². The molecule has 2 rings (SSSR count). The fraction of sp³-hybridized carbons (Fsp3) is 0.615. The van der Waals surface area contributed by atoms with Crippen molar-refractivity contribution in [3.63, 3.8) is 0 Å². The van der Waals surface area contributed by atoms with E-state index in [1.807, 2.05) is 6.20 Å². The molecule has 2 heterocycles. The highest BCUT2D eigenvalue weighted by molar-refractivity contribution is 5.41. The van der Waals surface area contributed by atoms with Crippen molar-refractivity contribution in [3.8, 4) is 0 Å². The molecular weight excluding hydrogens is 198 g/mol. The van der Waals surface area contributed by atoms with Gasteiger partial charge in [0.1, 0.15) is 5.82 Å². The van der Waals surface area contributed by atoms with Crippen LogP contribution in [0.3, 0.4) is 0 Å². The lowest BCUT2D eigenvalue weighted by Gasteiger charge is -2.38. The van der Waals surface area contributed by atoms with Crippen molar-refractivity contribution in [2.24, 2.45) is 11.7 Å². The largest absolute Gasteiger partial charge is 0.352 e. The van der Waals surface area contributed by atoms with Crippen molar-refractivity contribution in [2.45, 2.75) is 32.7 Å². The molecule has 1 aliphatic rings. The van der Waals surface area contributed by atoms with Gasteiger partial charge in [0.25, 0.3) is 0 Å². The molecule has 3 nitrogen and oxygen atoms in total. The summed E-state index contributed by atoms with van der Waals surface area (Å²) < 4.78 is 0. The lowest BCUT2D eigenvalue weighted by molar-refractivity contribution is 0.365. The number of nitrogens with two attached hydrogens (primary N) is 1. The maximum atomic E-state index is 5.85. The summed E-state index contributed by atoms with van der Waals surface area (Å²) in [5, 5.41) is 0. The van der Waals surface area contributed by atoms with Gasteiger partial charge in [-0.2, -0.15) is 0 Å². The Morgan fingerprint density at radius 2 is 2.31 bits per heavy atom. The molecule has 2 unspecified atom stereocenters. The van der Waals surface area contributed by atoms with Gasteiger partial charge >= 0.3 is 0 Å². The SMILES string of the molecule is Cc1ccc(N2CCC(C)CC2CN)nc1. The Kier molecular flexibility index (Phi) is 3.44. The Balaban J connectivity index is 2.15. The number of pyridine rings is 1. The number of piperidine rings is 1. The average molecular weight is 219 g/mol. The zero-order valence-corrected chi connectivity index (χ0v) is 10.2. The highest BCUT2D eigenvalue weighted by Gasteiger charge is 2.25. The van der Waals surface area contributed by atoms with Crippen molar-refractivity contribution < 1.29 is 0 Å². The van der Waals surface area contributed by atoms with Crippen LogP contribution in [-0.4, -0.2) is 24.1 Å². The Morgan fingerprint density at radius 1 is 1.50 bits per heavy atom. The minimum absolute atomic E-state index is 0.457. The predicted octanol–water partition coefficient (Wildman–Crippen LogP) is 1.95. The first-order chi connectivity index (χ1) is 7.70. The van der Waals surface area contributed by atoms with Gasteiger partial charge < -0.3 is 10.6 Å². The maximum Gasteiger partial charge on any atom is 0.128 e. The fourth-order valence-corrected chi connectivity index (χ4v) is 2.41. The monoisotopic (exact) mass is 219 g/mol. The Morgan fingerprint density at radius 3 is 2.94 bits per heavy atom. The first kappa shape index (κ1) is 11.4. The average Bonchev–Trinajstić information content (AvgIpc) is 2.30. The van der Waals surface area contributed by atoms with Crippen molar-refractivity contribution in [3.05, 3.63) is 23.9 Å². The van der Waals surface area contributed by atoms with Gasteiger partial charge in [0, 0.05) is 25.3 Å². The predicted molar refractivity (Wildman–Crippen MR) is 67.6 cm³/mol. The molecule has 0 radical (unpaired) electrons. The van der Waals surface area contributed by atoms with Gasteiger partial charge in [-0.1, -0.05) is 13.0 Å².